The Labute approximate surface area is 201 Å². The minimum Gasteiger partial charge on any atom is -0.481 e. The molecule has 34 heavy (non-hydrogen) atoms. The molecule has 0 saturated heterocycles. The first-order chi connectivity index (χ1) is 16.3. The molecular formula is C25H25N3O5S. The average Bonchev–Trinajstić information content (AvgIpc) is 3.34. The second kappa shape index (κ2) is 9.64. The summed E-state index contributed by atoms with van der Waals surface area (Å²) >= 11 is 1.03. The first-order valence-electron chi connectivity index (χ1n) is 10.8. The molecule has 0 aliphatic heterocycles. The molecule has 8 nitrogen and oxygen atoms in total. The van der Waals surface area contributed by atoms with Crippen LogP contribution < -0.4 is 5.32 Å². The van der Waals surface area contributed by atoms with Gasteiger partial charge in [-0.2, -0.15) is 0 Å². The lowest BCUT2D eigenvalue weighted by Gasteiger charge is -2.18. The largest absolute Gasteiger partial charge is 0.481 e. The normalized spacial score (nSPS) is 13.0. The number of rotatable bonds is 7. The number of carboxylic acids is 1. The van der Waals surface area contributed by atoms with Crippen molar-refractivity contribution in [2.45, 2.75) is 19.8 Å². The number of amides is 2. The summed E-state index contributed by atoms with van der Waals surface area (Å²) in [6.07, 6.45) is -0.650. The highest BCUT2D eigenvalue weighted by atomic mass is 32.1. The van der Waals surface area contributed by atoms with Crippen LogP contribution in [-0.2, 0) is 9.53 Å². The van der Waals surface area contributed by atoms with E-state index in [1.165, 1.54) is 11.8 Å². The molecule has 0 spiro atoms. The van der Waals surface area contributed by atoms with Crippen molar-refractivity contribution >= 4 is 34.4 Å². The minimum atomic E-state index is -0.974. The lowest BCUT2D eigenvalue weighted by molar-refractivity contribution is -0.141. The molecule has 3 aromatic rings. The maximum Gasteiger partial charge on any atom is 0.413 e. The number of carbonyl (C=O) groups excluding carboxylic acids is 2. The maximum atomic E-state index is 12.7. The number of thiazole rings is 1. The molecule has 0 radical (unpaired) electrons. The number of fused-ring (bicyclic) bond motifs is 3. The number of hydrogen-bond donors (Lipinski definition) is 2. The molecule has 2 amide bonds. The third-order valence-electron chi connectivity index (χ3n) is 5.86. The Balaban J connectivity index is 1.40. The molecule has 0 fully saturated rings. The second-order valence-corrected chi connectivity index (χ2v) is 9.31. The molecular weight excluding hydrogens is 454 g/mol. The highest BCUT2D eigenvalue weighted by Gasteiger charge is 2.29. The number of benzene rings is 2. The predicted molar refractivity (Wildman–Crippen MR) is 129 cm³/mol. The monoisotopic (exact) mass is 479 g/mol. The number of hydrogen-bond acceptors (Lipinski definition) is 6. The summed E-state index contributed by atoms with van der Waals surface area (Å²) in [6.45, 7) is 3.45. The molecule has 1 heterocycles. The highest BCUT2D eigenvalue weighted by molar-refractivity contribution is 7.17. The van der Waals surface area contributed by atoms with E-state index in [2.05, 4.69) is 22.4 Å². The molecule has 1 atom stereocenters. The SMILES string of the molecule is Cc1nc(NC(=O)OCC2c3ccccc3-c3ccccc32)sc1C(=O)N(C)CC(C)C(=O)O. The first-order valence-corrected chi connectivity index (χ1v) is 11.7. The van der Waals surface area contributed by atoms with Gasteiger partial charge in [-0.15, -0.1) is 0 Å². The Hall–Kier alpha value is -3.72. The zero-order valence-corrected chi connectivity index (χ0v) is 19.9. The first kappa shape index (κ1) is 23.4. The summed E-state index contributed by atoms with van der Waals surface area (Å²) < 4.78 is 5.54. The van der Waals surface area contributed by atoms with Gasteiger partial charge in [0.05, 0.1) is 11.6 Å². The summed E-state index contributed by atoms with van der Waals surface area (Å²) in [5.41, 5.74) is 4.99. The van der Waals surface area contributed by atoms with Gasteiger partial charge in [-0.05, 0) is 29.2 Å². The van der Waals surface area contributed by atoms with Crippen LogP contribution in [0.5, 0.6) is 0 Å². The topological polar surface area (TPSA) is 109 Å². The smallest absolute Gasteiger partial charge is 0.413 e. The van der Waals surface area contributed by atoms with E-state index < -0.39 is 18.0 Å². The summed E-state index contributed by atoms with van der Waals surface area (Å²) in [6, 6.07) is 16.2. The Morgan fingerprint density at radius 1 is 1.12 bits per heavy atom. The number of anilines is 1. The zero-order chi connectivity index (χ0) is 24.4. The van der Waals surface area contributed by atoms with Gasteiger partial charge in [-0.1, -0.05) is 66.8 Å². The van der Waals surface area contributed by atoms with Gasteiger partial charge in [0.25, 0.3) is 5.91 Å². The third kappa shape index (κ3) is 4.65. The molecule has 9 heteroatoms. The zero-order valence-electron chi connectivity index (χ0n) is 19.1. The van der Waals surface area contributed by atoms with Gasteiger partial charge >= 0.3 is 12.1 Å². The minimum absolute atomic E-state index is 0.0572. The van der Waals surface area contributed by atoms with Gasteiger partial charge in [-0.3, -0.25) is 14.9 Å². The van der Waals surface area contributed by atoms with E-state index in [0.29, 0.717) is 10.6 Å². The molecule has 1 unspecified atom stereocenters. The number of carboxylic acid groups (broad SMARTS) is 1. The predicted octanol–water partition coefficient (Wildman–Crippen LogP) is 4.61. The fourth-order valence-electron chi connectivity index (χ4n) is 4.12. The van der Waals surface area contributed by atoms with Crippen LogP contribution in [0.4, 0.5) is 9.93 Å². The van der Waals surface area contributed by atoms with Crippen molar-refractivity contribution in [1.29, 1.82) is 0 Å². The van der Waals surface area contributed by atoms with Crippen molar-refractivity contribution in [2.75, 3.05) is 25.5 Å². The Morgan fingerprint density at radius 2 is 1.71 bits per heavy atom. The van der Waals surface area contributed by atoms with E-state index in [-0.39, 0.29) is 30.1 Å². The van der Waals surface area contributed by atoms with Crippen LogP contribution in [0.3, 0.4) is 0 Å². The van der Waals surface area contributed by atoms with Crippen LogP contribution in [0.25, 0.3) is 11.1 Å². The number of nitrogens with one attached hydrogen (secondary N) is 1. The second-order valence-electron chi connectivity index (χ2n) is 8.31. The van der Waals surface area contributed by atoms with Crippen molar-refractivity contribution in [3.8, 4) is 11.1 Å². The number of nitrogens with zero attached hydrogens (tertiary/aromatic N) is 2. The molecule has 1 aromatic heterocycles. The number of aromatic nitrogens is 1. The van der Waals surface area contributed by atoms with Gasteiger partial charge in [0, 0.05) is 19.5 Å². The number of aliphatic carboxylic acids is 1. The van der Waals surface area contributed by atoms with E-state index in [9.17, 15) is 14.4 Å². The van der Waals surface area contributed by atoms with Crippen LogP contribution in [0.2, 0.25) is 0 Å². The van der Waals surface area contributed by atoms with Crippen LogP contribution in [0.15, 0.2) is 48.5 Å². The Bertz CT molecular complexity index is 1210. The van der Waals surface area contributed by atoms with Crippen molar-refractivity contribution < 1.29 is 24.2 Å². The molecule has 2 N–H and O–H groups in total. The lowest BCUT2D eigenvalue weighted by Crippen LogP contribution is -2.33. The molecule has 2 aromatic carbocycles. The summed E-state index contributed by atoms with van der Waals surface area (Å²) in [5.74, 6) is -2.07. The molecule has 1 aliphatic rings. The summed E-state index contributed by atoms with van der Waals surface area (Å²) in [4.78, 5) is 42.2. The Kier molecular flexibility index (Phi) is 6.65. The third-order valence-corrected chi connectivity index (χ3v) is 6.92. The standard InChI is InChI=1S/C25H25N3O5S/c1-14(23(30)31)12-28(3)22(29)21-15(2)26-24(34-21)27-25(32)33-13-20-18-10-6-4-8-16(18)17-9-5-7-11-19(17)20/h4-11,14,20H,12-13H2,1-3H3,(H,30,31)(H,26,27,32). The van der Waals surface area contributed by atoms with Crippen molar-refractivity contribution in [2.24, 2.45) is 5.92 Å². The highest BCUT2D eigenvalue weighted by Crippen LogP contribution is 2.44. The maximum absolute atomic E-state index is 12.7. The molecule has 0 saturated carbocycles. The van der Waals surface area contributed by atoms with Crippen molar-refractivity contribution in [3.63, 3.8) is 0 Å². The molecule has 0 bridgehead atoms. The van der Waals surface area contributed by atoms with E-state index >= 15 is 0 Å². The van der Waals surface area contributed by atoms with E-state index in [1.807, 2.05) is 36.4 Å². The van der Waals surface area contributed by atoms with Gasteiger partial charge in [0.15, 0.2) is 5.13 Å². The molecule has 176 valence electrons. The van der Waals surface area contributed by atoms with Gasteiger partial charge < -0.3 is 14.7 Å². The van der Waals surface area contributed by atoms with Gasteiger partial charge in [-0.25, -0.2) is 9.78 Å². The van der Waals surface area contributed by atoms with Crippen LogP contribution in [0, 0.1) is 12.8 Å². The quantitative estimate of drug-likeness (QED) is 0.512. The van der Waals surface area contributed by atoms with Crippen molar-refractivity contribution in [1.82, 2.24) is 9.88 Å². The number of ether oxygens (including phenoxy) is 1. The molecule has 1 aliphatic carbocycles. The van der Waals surface area contributed by atoms with Crippen LogP contribution in [-0.4, -0.2) is 53.2 Å². The summed E-state index contributed by atoms with van der Waals surface area (Å²) in [7, 11) is 1.54. The van der Waals surface area contributed by atoms with E-state index in [1.54, 1.807) is 14.0 Å². The fourth-order valence-corrected chi connectivity index (χ4v) is 5.06. The lowest BCUT2D eigenvalue weighted by atomic mass is 9.98. The Morgan fingerprint density at radius 3 is 2.29 bits per heavy atom. The fraction of sp³-hybridized carbons (Fsp3) is 0.280. The van der Waals surface area contributed by atoms with E-state index in [4.69, 9.17) is 9.84 Å². The van der Waals surface area contributed by atoms with Gasteiger partial charge in [0.2, 0.25) is 0 Å². The summed E-state index contributed by atoms with van der Waals surface area (Å²) in [5, 5.41) is 11.9. The molecule has 4 rings (SSSR count). The number of aryl methyl sites for hydroxylation is 1. The van der Waals surface area contributed by atoms with E-state index in [0.717, 1.165) is 33.6 Å². The van der Waals surface area contributed by atoms with Crippen molar-refractivity contribution in [3.05, 3.63) is 70.2 Å². The van der Waals surface area contributed by atoms with Crippen LogP contribution >= 0.6 is 11.3 Å². The van der Waals surface area contributed by atoms with Gasteiger partial charge in [0.1, 0.15) is 11.5 Å². The number of carbonyl (C=O) groups is 3. The van der Waals surface area contributed by atoms with Crippen LogP contribution in [0.1, 0.15) is 39.3 Å². The average molecular weight is 480 g/mol.